The van der Waals surface area contributed by atoms with Crippen LogP contribution in [0.2, 0.25) is 0 Å². The van der Waals surface area contributed by atoms with Crippen LogP contribution in [0.1, 0.15) is 43.1 Å². The fraction of sp³-hybridized carbons (Fsp3) is 0.389. The second kappa shape index (κ2) is 9.57. The van der Waals surface area contributed by atoms with Gasteiger partial charge in [-0.25, -0.2) is 5.06 Å². The third-order valence-electron chi connectivity index (χ3n) is 4.13. The van der Waals surface area contributed by atoms with Gasteiger partial charge in [-0.3, -0.25) is 30.4 Å². The summed E-state index contributed by atoms with van der Waals surface area (Å²) in [6.45, 7) is 1.92. The van der Waals surface area contributed by atoms with Gasteiger partial charge in [0.2, 0.25) is 12.3 Å². The molecule has 0 bridgehead atoms. The number of rotatable bonds is 9. The highest BCUT2D eigenvalue weighted by Gasteiger charge is 2.21. The van der Waals surface area contributed by atoms with Crippen LogP contribution in [0.15, 0.2) is 30.3 Å². The molecule has 0 aliphatic heterocycles. The van der Waals surface area contributed by atoms with E-state index in [2.05, 4.69) is 15.8 Å². The van der Waals surface area contributed by atoms with E-state index in [0.717, 1.165) is 30.2 Å². The number of carbonyl (C=O) groups is 3. The van der Waals surface area contributed by atoms with Gasteiger partial charge in [0.1, 0.15) is 5.69 Å². The number of unbranched alkanes of at least 4 members (excludes halogenated alkanes) is 2. The summed E-state index contributed by atoms with van der Waals surface area (Å²) in [6.07, 6.45) is 3.48. The van der Waals surface area contributed by atoms with Crippen LogP contribution in [0.25, 0.3) is 10.9 Å². The molecule has 0 aliphatic rings. The molecule has 2 aromatic rings. The maximum Gasteiger partial charge on any atom is 0.286 e. The van der Waals surface area contributed by atoms with Crippen LogP contribution < -0.4 is 10.9 Å². The predicted molar refractivity (Wildman–Crippen MR) is 96.1 cm³/mol. The molecular formula is C18H24N4O4. The molecule has 1 aromatic carbocycles. The molecule has 1 aromatic heterocycles. The number of nitrogens with one attached hydrogen (secondary N) is 3. The molecule has 0 spiro atoms. The quantitative estimate of drug-likeness (QED) is 0.237. The second-order valence-corrected chi connectivity index (χ2v) is 6.13. The molecule has 8 heteroatoms. The number of hydrogen-bond acceptors (Lipinski definition) is 4. The molecular weight excluding hydrogens is 336 g/mol. The first-order chi connectivity index (χ1) is 12.5. The lowest BCUT2D eigenvalue weighted by Gasteiger charge is -2.19. The van der Waals surface area contributed by atoms with Crippen molar-refractivity contribution in [3.63, 3.8) is 0 Å². The smallest absolute Gasteiger partial charge is 0.286 e. The first kappa shape index (κ1) is 19.5. The Labute approximate surface area is 151 Å². The van der Waals surface area contributed by atoms with Crippen LogP contribution in [0.3, 0.4) is 0 Å². The summed E-state index contributed by atoms with van der Waals surface area (Å²) in [4.78, 5) is 38.1. The van der Waals surface area contributed by atoms with E-state index in [1.165, 1.54) is 0 Å². The summed E-state index contributed by atoms with van der Waals surface area (Å²) in [5.74, 6) is -1.54. The number of para-hydroxylation sites is 1. The molecule has 140 valence electrons. The van der Waals surface area contributed by atoms with Crippen molar-refractivity contribution in [2.45, 2.75) is 32.6 Å². The number of amides is 3. The van der Waals surface area contributed by atoms with Crippen molar-refractivity contribution in [1.82, 2.24) is 20.9 Å². The van der Waals surface area contributed by atoms with Gasteiger partial charge >= 0.3 is 0 Å². The van der Waals surface area contributed by atoms with E-state index in [1.807, 2.05) is 31.2 Å². The van der Waals surface area contributed by atoms with Crippen molar-refractivity contribution < 1.29 is 19.6 Å². The Hall–Kier alpha value is -2.87. The summed E-state index contributed by atoms with van der Waals surface area (Å²) in [5.41, 5.74) is 5.88. The van der Waals surface area contributed by atoms with Crippen LogP contribution in [-0.4, -0.2) is 40.0 Å². The van der Waals surface area contributed by atoms with Gasteiger partial charge in [0.05, 0.1) is 12.5 Å². The summed E-state index contributed by atoms with van der Waals surface area (Å²) in [7, 11) is 0. The van der Waals surface area contributed by atoms with E-state index in [9.17, 15) is 19.6 Å². The maximum atomic E-state index is 12.3. The van der Waals surface area contributed by atoms with Gasteiger partial charge in [0.15, 0.2) is 0 Å². The minimum atomic E-state index is -0.611. The summed E-state index contributed by atoms with van der Waals surface area (Å²) in [6, 6.07) is 9.15. The monoisotopic (exact) mass is 360 g/mol. The number of carbonyl (C=O) groups excluding carboxylic acids is 3. The van der Waals surface area contributed by atoms with Gasteiger partial charge in [-0.15, -0.1) is 0 Å². The van der Waals surface area contributed by atoms with Crippen molar-refractivity contribution in [3.05, 3.63) is 36.0 Å². The fourth-order valence-electron chi connectivity index (χ4n) is 2.70. The number of nitrogens with zero attached hydrogens (tertiary/aromatic N) is 1. The molecule has 0 unspecified atom stereocenters. The Bertz CT molecular complexity index is 725. The number of hydrazine groups is 1. The minimum absolute atomic E-state index is 0.124. The number of H-pyrrole nitrogens is 1. The van der Waals surface area contributed by atoms with Crippen molar-refractivity contribution in [3.8, 4) is 0 Å². The molecule has 0 aliphatic carbocycles. The van der Waals surface area contributed by atoms with Crippen LogP contribution in [0, 0.1) is 5.92 Å². The van der Waals surface area contributed by atoms with Gasteiger partial charge in [-0.05, 0) is 18.6 Å². The SMILES string of the molecule is CCCCC[C@H](CN(O)C=O)C(=O)NNC(=O)c1cc2ccccc2[nH]1. The van der Waals surface area contributed by atoms with E-state index in [0.29, 0.717) is 17.2 Å². The number of benzene rings is 1. The van der Waals surface area contributed by atoms with Crippen molar-refractivity contribution in [1.29, 1.82) is 0 Å². The first-order valence-electron chi connectivity index (χ1n) is 8.64. The molecule has 4 N–H and O–H groups in total. The van der Waals surface area contributed by atoms with Crippen LogP contribution >= 0.6 is 0 Å². The van der Waals surface area contributed by atoms with Crippen LogP contribution in [0.5, 0.6) is 0 Å². The third kappa shape index (κ3) is 5.32. The Morgan fingerprint density at radius 3 is 2.73 bits per heavy atom. The van der Waals surface area contributed by atoms with E-state index < -0.39 is 17.7 Å². The average molecular weight is 360 g/mol. The Kier molecular flexibility index (Phi) is 7.16. The van der Waals surface area contributed by atoms with Gasteiger partial charge in [-0.2, -0.15) is 0 Å². The number of hydrogen-bond donors (Lipinski definition) is 4. The van der Waals surface area contributed by atoms with E-state index in [-0.39, 0.29) is 13.0 Å². The predicted octanol–water partition coefficient (Wildman–Crippen LogP) is 1.97. The largest absolute Gasteiger partial charge is 0.350 e. The molecule has 26 heavy (non-hydrogen) atoms. The number of hydroxylamine groups is 2. The minimum Gasteiger partial charge on any atom is -0.350 e. The molecule has 0 fully saturated rings. The van der Waals surface area contributed by atoms with Gasteiger partial charge in [-0.1, -0.05) is 44.4 Å². The van der Waals surface area contributed by atoms with Crippen molar-refractivity contribution >= 4 is 29.1 Å². The molecule has 2 rings (SSSR count). The topological polar surface area (TPSA) is 115 Å². The zero-order valence-corrected chi connectivity index (χ0v) is 14.7. The molecule has 0 saturated heterocycles. The Balaban J connectivity index is 1.94. The van der Waals surface area contributed by atoms with Gasteiger partial charge < -0.3 is 4.98 Å². The van der Waals surface area contributed by atoms with E-state index >= 15 is 0 Å². The standard InChI is InChI=1S/C18H24N4O4/c1-2-3-4-8-14(11-22(26)12-23)17(24)20-21-18(25)16-10-13-7-5-6-9-15(13)19-16/h5-7,9-10,12,14,19,26H,2-4,8,11H2,1H3,(H,20,24)(H,21,25)/t14-/m1/s1. The highest BCUT2D eigenvalue weighted by molar-refractivity contribution is 5.98. The lowest BCUT2D eigenvalue weighted by molar-refractivity contribution is -0.154. The lowest BCUT2D eigenvalue weighted by atomic mass is 10.0. The molecule has 1 heterocycles. The fourth-order valence-corrected chi connectivity index (χ4v) is 2.70. The summed E-state index contributed by atoms with van der Waals surface area (Å²) < 4.78 is 0. The zero-order valence-electron chi connectivity index (χ0n) is 14.7. The van der Waals surface area contributed by atoms with E-state index in [1.54, 1.807) is 6.07 Å². The molecule has 1 atom stereocenters. The highest BCUT2D eigenvalue weighted by Crippen LogP contribution is 2.14. The second-order valence-electron chi connectivity index (χ2n) is 6.13. The Morgan fingerprint density at radius 1 is 1.27 bits per heavy atom. The molecule has 0 radical (unpaired) electrons. The first-order valence-corrected chi connectivity index (χ1v) is 8.64. The third-order valence-corrected chi connectivity index (χ3v) is 4.13. The lowest BCUT2D eigenvalue weighted by Crippen LogP contribution is -2.46. The maximum absolute atomic E-state index is 12.3. The molecule has 8 nitrogen and oxygen atoms in total. The number of aromatic amines is 1. The number of aromatic nitrogens is 1. The van der Waals surface area contributed by atoms with Gasteiger partial charge in [0, 0.05) is 10.9 Å². The highest BCUT2D eigenvalue weighted by atomic mass is 16.5. The van der Waals surface area contributed by atoms with Crippen LogP contribution in [-0.2, 0) is 9.59 Å². The Morgan fingerprint density at radius 2 is 2.04 bits per heavy atom. The average Bonchev–Trinajstić information content (AvgIpc) is 3.09. The van der Waals surface area contributed by atoms with Crippen LogP contribution in [0.4, 0.5) is 0 Å². The summed E-state index contributed by atoms with van der Waals surface area (Å²) >= 11 is 0. The molecule has 0 saturated carbocycles. The number of fused-ring (bicyclic) bond motifs is 1. The zero-order chi connectivity index (χ0) is 18.9. The summed E-state index contributed by atoms with van der Waals surface area (Å²) in [5, 5.41) is 10.7. The van der Waals surface area contributed by atoms with Gasteiger partial charge in [0.25, 0.3) is 5.91 Å². The molecule has 3 amide bonds. The van der Waals surface area contributed by atoms with Crippen molar-refractivity contribution in [2.24, 2.45) is 5.92 Å². The van der Waals surface area contributed by atoms with Crippen molar-refractivity contribution in [2.75, 3.05) is 6.54 Å². The van der Waals surface area contributed by atoms with E-state index in [4.69, 9.17) is 0 Å². The normalized spacial score (nSPS) is 11.8.